The lowest BCUT2D eigenvalue weighted by Gasteiger charge is -2.30. The van der Waals surface area contributed by atoms with E-state index in [9.17, 15) is 0 Å². The minimum Gasteiger partial charge on any atom is -0.350 e. The molecule has 3 nitrogen and oxygen atoms in total. The Labute approximate surface area is 282 Å². The van der Waals surface area contributed by atoms with E-state index >= 15 is 0 Å². The van der Waals surface area contributed by atoms with E-state index in [1.807, 2.05) is 0 Å². The van der Waals surface area contributed by atoms with Crippen LogP contribution in [-0.4, -0.2) is 44.5 Å². The standard InChI is InChI=1S/C42H77NO2/c1-5-7-9-11-13-15-17-19-21-23-25-27-29-31-33-39-45-42(36-34-41(40-42)35-37-43(3)4)44-38-32-30-28-26-24-22-20-18-16-14-12-10-8-6-2/h13-16,19-22,41H,5-12,17-18,23-40H2,1-4H3/b15-13-,16-14-,21-19-,22-20+. The van der Waals surface area contributed by atoms with Crippen molar-refractivity contribution < 1.29 is 9.47 Å². The molecule has 1 aliphatic rings. The second-order valence-corrected chi connectivity index (χ2v) is 13.9. The highest BCUT2D eigenvalue weighted by Crippen LogP contribution is 2.40. The van der Waals surface area contributed by atoms with Gasteiger partial charge in [0.2, 0.25) is 0 Å². The molecule has 0 amide bonds. The van der Waals surface area contributed by atoms with Crippen molar-refractivity contribution in [3.05, 3.63) is 48.6 Å². The first-order valence-corrected chi connectivity index (χ1v) is 19.6. The quantitative estimate of drug-likeness (QED) is 0.0421. The normalized spacial score (nSPS) is 19.2. The Kier molecular flexibility index (Phi) is 29.2. The van der Waals surface area contributed by atoms with E-state index in [-0.39, 0.29) is 5.79 Å². The Balaban J connectivity index is 2.18. The van der Waals surface area contributed by atoms with Crippen molar-refractivity contribution in [1.82, 2.24) is 4.90 Å². The third-order valence-electron chi connectivity index (χ3n) is 9.19. The summed E-state index contributed by atoms with van der Waals surface area (Å²) in [7, 11) is 4.36. The lowest BCUT2D eigenvalue weighted by Crippen LogP contribution is -2.34. The molecule has 0 heterocycles. The molecule has 2 unspecified atom stereocenters. The summed E-state index contributed by atoms with van der Waals surface area (Å²) in [6, 6.07) is 0. The fraction of sp³-hybridized carbons (Fsp3) is 0.810. The van der Waals surface area contributed by atoms with Crippen LogP contribution >= 0.6 is 0 Å². The molecule has 0 aromatic heterocycles. The first-order valence-electron chi connectivity index (χ1n) is 19.6. The molecule has 0 saturated heterocycles. The van der Waals surface area contributed by atoms with Gasteiger partial charge in [-0.05, 0) is 116 Å². The monoisotopic (exact) mass is 628 g/mol. The minimum absolute atomic E-state index is 0.320. The van der Waals surface area contributed by atoms with Crippen molar-refractivity contribution in [2.45, 2.75) is 180 Å². The van der Waals surface area contributed by atoms with E-state index in [1.165, 1.54) is 122 Å². The van der Waals surface area contributed by atoms with Crippen molar-refractivity contribution >= 4 is 0 Å². The molecule has 1 fully saturated rings. The number of nitrogens with zero attached hydrogens (tertiary/aromatic N) is 1. The van der Waals surface area contributed by atoms with Crippen LogP contribution in [0, 0.1) is 5.92 Å². The summed E-state index contributed by atoms with van der Waals surface area (Å²) in [5.41, 5.74) is 0. The molecule has 0 aliphatic heterocycles. The van der Waals surface area contributed by atoms with Gasteiger partial charge in [0, 0.05) is 12.8 Å². The predicted octanol–water partition coefficient (Wildman–Crippen LogP) is 12.9. The van der Waals surface area contributed by atoms with Gasteiger partial charge in [-0.25, -0.2) is 0 Å². The highest BCUT2D eigenvalue weighted by molar-refractivity contribution is 4.93. The number of ether oxygens (including phenoxy) is 2. The van der Waals surface area contributed by atoms with Gasteiger partial charge in [-0.15, -0.1) is 0 Å². The van der Waals surface area contributed by atoms with Crippen molar-refractivity contribution in [3.63, 3.8) is 0 Å². The molecule has 0 spiro atoms. The summed E-state index contributed by atoms with van der Waals surface area (Å²) in [6.45, 7) is 7.40. The third-order valence-corrected chi connectivity index (χ3v) is 9.19. The smallest absolute Gasteiger partial charge is 0.168 e. The fourth-order valence-corrected chi connectivity index (χ4v) is 6.23. The van der Waals surface area contributed by atoms with E-state index in [0.717, 1.165) is 64.2 Å². The van der Waals surface area contributed by atoms with Crippen LogP contribution in [0.4, 0.5) is 0 Å². The summed E-state index contributed by atoms with van der Waals surface area (Å²) in [5, 5.41) is 0. The average Bonchev–Trinajstić information content (AvgIpc) is 3.44. The first-order chi connectivity index (χ1) is 22.1. The topological polar surface area (TPSA) is 21.7 Å². The maximum atomic E-state index is 6.59. The summed E-state index contributed by atoms with van der Waals surface area (Å²) >= 11 is 0. The largest absolute Gasteiger partial charge is 0.350 e. The zero-order valence-corrected chi connectivity index (χ0v) is 30.8. The average molecular weight is 628 g/mol. The maximum absolute atomic E-state index is 6.59. The van der Waals surface area contributed by atoms with Crippen LogP contribution in [-0.2, 0) is 9.47 Å². The Hall–Kier alpha value is -1.16. The van der Waals surface area contributed by atoms with Crippen LogP contribution in [0.3, 0.4) is 0 Å². The third kappa shape index (κ3) is 26.6. The summed E-state index contributed by atoms with van der Waals surface area (Å²) in [6.07, 6.45) is 49.9. The molecular weight excluding hydrogens is 550 g/mol. The van der Waals surface area contributed by atoms with Gasteiger partial charge in [-0.2, -0.15) is 0 Å². The molecule has 45 heavy (non-hydrogen) atoms. The Morgan fingerprint density at radius 1 is 0.556 bits per heavy atom. The molecule has 0 N–H and O–H groups in total. The Morgan fingerprint density at radius 3 is 1.42 bits per heavy atom. The zero-order chi connectivity index (χ0) is 32.5. The van der Waals surface area contributed by atoms with Gasteiger partial charge in [-0.3, -0.25) is 0 Å². The van der Waals surface area contributed by atoms with Crippen LogP contribution in [0.1, 0.15) is 174 Å². The SMILES string of the molecule is CCCCC/C=C\C/C=C\CCCCCCCOC1(OCCCCCC/C=C/C/C=C\CCCCC)CCC(CCN(C)C)C1. The van der Waals surface area contributed by atoms with Gasteiger partial charge in [0.25, 0.3) is 0 Å². The number of rotatable bonds is 32. The molecule has 3 heteroatoms. The van der Waals surface area contributed by atoms with Crippen LogP contribution in [0.25, 0.3) is 0 Å². The number of allylic oxidation sites excluding steroid dienone is 8. The van der Waals surface area contributed by atoms with E-state index < -0.39 is 0 Å². The molecule has 1 saturated carbocycles. The van der Waals surface area contributed by atoms with Gasteiger partial charge in [0.15, 0.2) is 5.79 Å². The highest BCUT2D eigenvalue weighted by atomic mass is 16.7. The molecule has 0 aromatic carbocycles. The van der Waals surface area contributed by atoms with Crippen molar-refractivity contribution in [2.24, 2.45) is 5.92 Å². The number of hydrogen-bond acceptors (Lipinski definition) is 3. The Morgan fingerprint density at radius 2 is 0.978 bits per heavy atom. The molecule has 2 atom stereocenters. The van der Waals surface area contributed by atoms with Crippen molar-refractivity contribution in [2.75, 3.05) is 33.9 Å². The number of unbranched alkanes of at least 4 members (excludes halogenated alkanes) is 15. The van der Waals surface area contributed by atoms with Crippen LogP contribution in [0.5, 0.6) is 0 Å². The minimum atomic E-state index is -0.320. The highest BCUT2D eigenvalue weighted by Gasteiger charge is 2.40. The maximum Gasteiger partial charge on any atom is 0.168 e. The zero-order valence-electron chi connectivity index (χ0n) is 30.8. The summed E-state index contributed by atoms with van der Waals surface area (Å²) in [4.78, 5) is 2.31. The molecule has 0 aromatic rings. The van der Waals surface area contributed by atoms with Gasteiger partial charge in [-0.1, -0.05) is 120 Å². The van der Waals surface area contributed by atoms with Crippen LogP contribution in [0.15, 0.2) is 48.6 Å². The molecule has 1 aliphatic carbocycles. The lowest BCUT2D eigenvalue weighted by atomic mass is 10.0. The van der Waals surface area contributed by atoms with Gasteiger partial charge < -0.3 is 14.4 Å². The second-order valence-electron chi connectivity index (χ2n) is 13.9. The number of hydrogen-bond donors (Lipinski definition) is 0. The predicted molar refractivity (Wildman–Crippen MR) is 200 cm³/mol. The lowest BCUT2D eigenvalue weighted by molar-refractivity contribution is -0.235. The van der Waals surface area contributed by atoms with Crippen LogP contribution in [0.2, 0.25) is 0 Å². The van der Waals surface area contributed by atoms with Gasteiger partial charge in [0.1, 0.15) is 0 Å². The van der Waals surface area contributed by atoms with Crippen LogP contribution < -0.4 is 0 Å². The first kappa shape index (κ1) is 41.9. The van der Waals surface area contributed by atoms with E-state index in [1.54, 1.807) is 0 Å². The second kappa shape index (κ2) is 31.4. The van der Waals surface area contributed by atoms with Crippen molar-refractivity contribution in [1.29, 1.82) is 0 Å². The fourth-order valence-electron chi connectivity index (χ4n) is 6.23. The summed E-state index contributed by atoms with van der Waals surface area (Å²) < 4.78 is 13.2. The van der Waals surface area contributed by atoms with E-state index in [2.05, 4.69) is 81.5 Å². The van der Waals surface area contributed by atoms with Gasteiger partial charge >= 0.3 is 0 Å². The molecule has 1 rings (SSSR count). The molecule has 0 bridgehead atoms. The molecule has 262 valence electrons. The van der Waals surface area contributed by atoms with E-state index in [0.29, 0.717) is 0 Å². The summed E-state index contributed by atoms with van der Waals surface area (Å²) in [5.74, 6) is 0.411. The molecular formula is C42H77NO2. The van der Waals surface area contributed by atoms with Gasteiger partial charge in [0.05, 0.1) is 13.2 Å². The Bertz CT molecular complexity index is 739. The van der Waals surface area contributed by atoms with E-state index in [4.69, 9.17) is 9.47 Å². The van der Waals surface area contributed by atoms with Crippen molar-refractivity contribution in [3.8, 4) is 0 Å². The molecule has 0 radical (unpaired) electrons.